The van der Waals surface area contributed by atoms with Crippen LogP contribution in [0.3, 0.4) is 0 Å². The van der Waals surface area contributed by atoms with E-state index in [1.165, 1.54) is 0 Å². The van der Waals surface area contributed by atoms with Crippen molar-refractivity contribution in [3.8, 4) is 0 Å². The molecule has 0 heterocycles. The molecule has 0 aromatic heterocycles. The molecule has 5 nitrogen and oxygen atoms in total. The van der Waals surface area contributed by atoms with Crippen LogP contribution in [0.2, 0.25) is 0 Å². The van der Waals surface area contributed by atoms with Gasteiger partial charge in [0, 0.05) is 0 Å². The molecule has 0 fully saturated rings. The van der Waals surface area contributed by atoms with Crippen molar-refractivity contribution in [2.24, 2.45) is 0 Å². The molecule has 0 bridgehead atoms. The van der Waals surface area contributed by atoms with E-state index in [-0.39, 0.29) is 6.54 Å². The van der Waals surface area contributed by atoms with Gasteiger partial charge in [-0.25, -0.2) is 0 Å². The molecule has 5 heteroatoms. The van der Waals surface area contributed by atoms with Crippen molar-refractivity contribution in [2.45, 2.75) is 6.23 Å². The molecule has 0 spiro atoms. The lowest BCUT2D eigenvalue weighted by molar-refractivity contribution is -0.136. The van der Waals surface area contributed by atoms with Gasteiger partial charge in [-0.3, -0.25) is 10.1 Å². The summed E-state index contributed by atoms with van der Waals surface area (Å²) in [5.41, 5.74) is 0. The SMILES string of the molecule is O=C(O)CNC(O)CO. The molecule has 0 amide bonds. The smallest absolute Gasteiger partial charge is 0.317 e. The van der Waals surface area contributed by atoms with E-state index in [0.29, 0.717) is 0 Å². The first-order chi connectivity index (χ1) is 4.16. The van der Waals surface area contributed by atoms with Crippen molar-refractivity contribution in [2.75, 3.05) is 13.2 Å². The highest BCUT2D eigenvalue weighted by Gasteiger charge is 2.01. The largest absolute Gasteiger partial charge is 0.480 e. The number of nitrogens with one attached hydrogen (secondary N) is 1. The van der Waals surface area contributed by atoms with Gasteiger partial charge in [0.1, 0.15) is 6.23 Å². The summed E-state index contributed by atoms with van der Waals surface area (Å²) in [5.74, 6) is -1.07. The minimum atomic E-state index is -1.14. The van der Waals surface area contributed by atoms with Crippen LogP contribution >= 0.6 is 0 Å². The van der Waals surface area contributed by atoms with E-state index in [4.69, 9.17) is 15.3 Å². The molecule has 0 radical (unpaired) electrons. The molecule has 0 rings (SSSR count). The average molecular weight is 135 g/mol. The summed E-state index contributed by atoms with van der Waals surface area (Å²) < 4.78 is 0. The minimum absolute atomic E-state index is 0.346. The Kier molecular flexibility index (Phi) is 3.94. The number of aliphatic carboxylic acids is 1. The fraction of sp³-hybridized carbons (Fsp3) is 0.750. The first-order valence-corrected chi connectivity index (χ1v) is 2.41. The number of rotatable bonds is 4. The average Bonchev–Trinajstić information content (AvgIpc) is 1.83. The van der Waals surface area contributed by atoms with Gasteiger partial charge >= 0.3 is 5.97 Å². The second-order valence-electron chi connectivity index (χ2n) is 1.47. The van der Waals surface area contributed by atoms with E-state index in [1.807, 2.05) is 0 Å². The lowest BCUT2D eigenvalue weighted by atomic mass is 10.5. The molecule has 0 aromatic rings. The van der Waals surface area contributed by atoms with Crippen LogP contribution in [0.4, 0.5) is 0 Å². The Hall–Kier alpha value is -0.650. The summed E-state index contributed by atoms with van der Waals surface area (Å²) in [7, 11) is 0. The fourth-order valence-electron chi connectivity index (χ4n) is 0.270. The first-order valence-electron chi connectivity index (χ1n) is 2.41. The number of carboxylic acid groups (broad SMARTS) is 1. The van der Waals surface area contributed by atoms with Crippen LogP contribution < -0.4 is 5.32 Å². The summed E-state index contributed by atoms with van der Waals surface area (Å²) in [6.07, 6.45) is -1.14. The molecular formula is C4H9NO4. The van der Waals surface area contributed by atoms with Crippen LogP contribution in [0.5, 0.6) is 0 Å². The Balaban J connectivity index is 3.16. The zero-order valence-corrected chi connectivity index (χ0v) is 4.74. The highest BCUT2D eigenvalue weighted by atomic mass is 16.4. The van der Waals surface area contributed by atoms with Crippen molar-refractivity contribution in [1.82, 2.24) is 5.32 Å². The van der Waals surface area contributed by atoms with E-state index >= 15 is 0 Å². The molecule has 0 aliphatic rings. The van der Waals surface area contributed by atoms with Gasteiger partial charge in [0.25, 0.3) is 0 Å². The number of aliphatic hydroxyl groups excluding tert-OH is 2. The molecule has 54 valence electrons. The Morgan fingerprint density at radius 2 is 2.22 bits per heavy atom. The lowest BCUT2D eigenvalue weighted by Gasteiger charge is -2.05. The molecular weight excluding hydrogens is 126 g/mol. The number of hydrogen-bond donors (Lipinski definition) is 4. The van der Waals surface area contributed by atoms with Gasteiger partial charge in [0.2, 0.25) is 0 Å². The van der Waals surface area contributed by atoms with Crippen molar-refractivity contribution in [3.05, 3.63) is 0 Å². The Labute approximate surface area is 51.9 Å². The number of aliphatic hydroxyl groups is 2. The Morgan fingerprint density at radius 1 is 1.67 bits per heavy atom. The van der Waals surface area contributed by atoms with Crippen LogP contribution in [0.25, 0.3) is 0 Å². The topological polar surface area (TPSA) is 89.8 Å². The summed E-state index contributed by atoms with van der Waals surface area (Å²) in [4.78, 5) is 9.76. The van der Waals surface area contributed by atoms with Gasteiger partial charge in [-0.1, -0.05) is 0 Å². The first kappa shape index (κ1) is 8.35. The maximum atomic E-state index is 9.76. The van der Waals surface area contributed by atoms with E-state index in [1.54, 1.807) is 0 Å². The van der Waals surface area contributed by atoms with Gasteiger partial charge in [0.15, 0.2) is 0 Å². The summed E-state index contributed by atoms with van der Waals surface area (Å²) in [5, 5.41) is 26.8. The van der Waals surface area contributed by atoms with Crippen molar-refractivity contribution >= 4 is 5.97 Å². The van der Waals surface area contributed by atoms with E-state index in [9.17, 15) is 4.79 Å². The second-order valence-corrected chi connectivity index (χ2v) is 1.47. The van der Waals surface area contributed by atoms with Crippen LogP contribution in [0.1, 0.15) is 0 Å². The second kappa shape index (κ2) is 4.25. The highest BCUT2D eigenvalue weighted by molar-refractivity contribution is 5.68. The third-order valence-electron chi connectivity index (χ3n) is 0.662. The zero-order chi connectivity index (χ0) is 7.28. The normalized spacial score (nSPS) is 13.1. The molecule has 1 unspecified atom stereocenters. The highest BCUT2D eigenvalue weighted by Crippen LogP contribution is 1.70. The maximum Gasteiger partial charge on any atom is 0.317 e. The Bertz CT molecular complexity index is 94.6. The molecule has 0 aliphatic heterocycles. The molecule has 0 aromatic carbocycles. The van der Waals surface area contributed by atoms with Crippen molar-refractivity contribution < 1.29 is 20.1 Å². The van der Waals surface area contributed by atoms with E-state index in [2.05, 4.69) is 5.32 Å². The lowest BCUT2D eigenvalue weighted by Crippen LogP contribution is -2.35. The third kappa shape index (κ3) is 5.22. The molecule has 4 N–H and O–H groups in total. The summed E-state index contributed by atoms with van der Waals surface area (Å²) in [6.45, 7) is -0.824. The summed E-state index contributed by atoms with van der Waals surface area (Å²) in [6, 6.07) is 0. The summed E-state index contributed by atoms with van der Waals surface area (Å²) >= 11 is 0. The van der Waals surface area contributed by atoms with Crippen molar-refractivity contribution in [3.63, 3.8) is 0 Å². The van der Waals surface area contributed by atoms with Crippen LogP contribution in [-0.4, -0.2) is 40.7 Å². The van der Waals surface area contributed by atoms with Crippen LogP contribution in [0, 0.1) is 0 Å². The molecule has 9 heavy (non-hydrogen) atoms. The van der Waals surface area contributed by atoms with Gasteiger partial charge in [-0.2, -0.15) is 0 Å². The number of carbonyl (C=O) groups is 1. The third-order valence-corrected chi connectivity index (χ3v) is 0.662. The standard InChI is InChI=1S/C4H9NO4/c6-2-3(7)5-1-4(8)9/h3,5-7H,1-2H2,(H,8,9). The minimum Gasteiger partial charge on any atom is -0.480 e. The molecule has 0 saturated carbocycles. The van der Waals surface area contributed by atoms with Crippen LogP contribution in [0.15, 0.2) is 0 Å². The van der Waals surface area contributed by atoms with Crippen LogP contribution in [-0.2, 0) is 4.79 Å². The zero-order valence-electron chi connectivity index (χ0n) is 4.74. The quantitative estimate of drug-likeness (QED) is 0.334. The maximum absolute atomic E-state index is 9.76. The van der Waals surface area contributed by atoms with Gasteiger partial charge < -0.3 is 15.3 Å². The van der Waals surface area contributed by atoms with Crippen molar-refractivity contribution in [1.29, 1.82) is 0 Å². The fourth-order valence-corrected chi connectivity index (χ4v) is 0.270. The predicted octanol–water partition coefficient (Wildman–Crippen LogP) is -2.03. The number of hydrogen-bond acceptors (Lipinski definition) is 4. The predicted molar refractivity (Wildman–Crippen MR) is 28.7 cm³/mol. The monoisotopic (exact) mass is 135 g/mol. The van der Waals surface area contributed by atoms with E-state index < -0.39 is 18.8 Å². The molecule has 1 atom stereocenters. The Morgan fingerprint density at radius 3 is 2.56 bits per heavy atom. The van der Waals surface area contributed by atoms with Gasteiger partial charge in [0.05, 0.1) is 13.2 Å². The van der Waals surface area contributed by atoms with Gasteiger partial charge in [-0.05, 0) is 0 Å². The molecule has 0 aliphatic carbocycles. The number of carboxylic acids is 1. The molecule has 0 saturated heterocycles. The van der Waals surface area contributed by atoms with E-state index in [0.717, 1.165) is 0 Å². The van der Waals surface area contributed by atoms with Gasteiger partial charge in [-0.15, -0.1) is 0 Å².